The summed E-state index contributed by atoms with van der Waals surface area (Å²) >= 11 is 1.45. The lowest BCUT2D eigenvalue weighted by Gasteiger charge is -2.30. The standard InChI is InChI=1S/C16H21N3O3S/c1-10-6-14(21-3)15(23-10)16(20)18-11-4-5-22-13(7-11)12-8-17-9-19(12)2/h6,8-9,11,13H,4-5,7H2,1-3H3,(H,18,20)/t11-,13+/m1/s1. The van der Waals surface area contributed by atoms with Crippen LogP contribution in [0.25, 0.3) is 0 Å². The topological polar surface area (TPSA) is 65.4 Å². The van der Waals surface area contributed by atoms with E-state index in [1.165, 1.54) is 11.3 Å². The molecule has 0 spiro atoms. The first-order chi connectivity index (χ1) is 11.1. The lowest BCUT2D eigenvalue weighted by Crippen LogP contribution is -2.40. The Morgan fingerprint density at radius 2 is 2.39 bits per heavy atom. The molecule has 0 radical (unpaired) electrons. The molecule has 3 heterocycles. The molecule has 0 aromatic carbocycles. The van der Waals surface area contributed by atoms with Gasteiger partial charge in [-0.3, -0.25) is 4.79 Å². The molecule has 1 aliphatic heterocycles. The predicted molar refractivity (Wildman–Crippen MR) is 88.0 cm³/mol. The molecule has 23 heavy (non-hydrogen) atoms. The summed E-state index contributed by atoms with van der Waals surface area (Å²) in [7, 11) is 3.54. The van der Waals surface area contributed by atoms with Gasteiger partial charge in [-0.2, -0.15) is 0 Å². The maximum absolute atomic E-state index is 12.5. The smallest absolute Gasteiger partial charge is 0.265 e. The molecule has 1 saturated heterocycles. The van der Waals surface area contributed by atoms with Crippen LogP contribution in [0.3, 0.4) is 0 Å². The van der Waals surface area contributed by atoms with E-state index in [1.807, 2.05) is 30.8 Å². The van der Waals surface area contributed by atoms with Crippen molar-refractivity contribution in [2.24, 2.45) is 7.05 Å². The molecule has 1 amide bonds. The SMILES string of the molecule is COc1cc(C)sc1C(=O)N[C@@H]1CCO[C@H](c2cncn2C)C1. The van der Waals surface area contributed by atoms with Gasteiger partial charge in [-0.25, -0.2) is 4.98 Å². The number of ether oxygens (including phenoxy) is 2. The second-order valence-electron chi connectivity index (χ2n) is 5.74. The maximum Gasteiger partial charge on any atom is 0.265 e. The van der Waals surface area contributed by atoms with Crippen LogP contribution in [0.15, 0.2) is 18.6 Å². The number of hydrogen-bond acceptors (Lipinski definition) is 5. The lowest BCUT2D eigenvalue weighted by molar-refractivity contribution is -0.00299. The first kappa shape index (κ1) is 16.0. The quantitative estimate of drug-likeness (QED) is 0.932. The van der Waals surface area contributed by atoms with Gasteiger partial charge in [-0.15, -0.1) is 11.3 Å². The third-order valence-corrected chi connectivity index (χ3v) is 5.08. The molecule has 6 nitrogen and oxygen atoms in total. The molecule has 2 aromatic rings. The number of aromatic nitrogens is 2. The summed E-state index contributed by atoms with van der Waals surface area (Å²) in [6.07, 6.45) is 5.11. The van der Waals surface area contributed by atoms with Gasteiger partial charge in [0.25, 0.3) is 5.91 Å². The molecule has 0 saturated carbocycles. The number of hydrogen-bond donors (Lipinski definition) is 1. The second-order valence-corrected chi connectivity index (χ2v) is 6.99. The number of thiophene rings is 1. The van der Waals surface area contributed by atoms with Gasteiger partial charge in [-0.1, -0.05) is 0 Å². The molecule has 1 aliphatic rings. The summed E-state index contributed by atoms with van der Waals surface area (Å²) in [4.78, 5) is 18.4. The molecule has 1 N–H and O–H groups in total. The van der Waals surface area contributed by atoms with Crippen LogP contribution < -0.4 is 10.1 Å². The van der Waals surface area contributed by atoms with Crippen molar-refractivity contribution in [2.75, 3.05) is 13.7 Å². The number of nitrogens with one attached hydrogen (secondary N) is 1. The van der Waals surface area contributed by atoms with Crippen LogP contribution in [0.2, 0.25) is 0 Å². The van der Waals surface area contributed by atoms with E-state index in [9.17, 15) is 4.79 Å². The van der Waals surface area contributed by atoms with Crippen LogP contribution in [0, 0.1) is 6.92 Å². The number of methoxy groups -OCH3 is 1. The van der Waals surface area contributed by atoms with E-state index in [4.69, 9.17) is 9.47 Å². The van der Waals surface area contributed by atoms with Gasteiger partial charge in [-0.05, 0) is 25.8 Å². The van der Waals surface area contributed by atoms with E-state index < -0.39 is 0 Å². The zero-order chi connectivity index (χ0) is 16.4. The van der Waals surface area contributed by atoms with Gasteiger partial charge in [0.1, 0.15) is 16.7 Å². The number of carbonyl (C=O) groups is 1. The number of nitrogens with zero attached hydrogens (tertiary/aromatic N) is 2. The maximum atomic E-state index is 12.5. The number of amides is 1. The summed E-state index contributed by atoms with van der Waals surface area (Å²) in [6.45, 7) is 2.60. The van der Waals surface area contributed by atoms with Crippen molar-refractivity contribution in [1.29, 1.82) is 0 Å². The molecule has 3 rings (SSSR count). The first-order valence-corrected chi connectivity index (χ1v) is 8.43. The fourth-order valence-corrected chi connectivity index (χ4v) is 3.75. The molecule has 2 aromatic heterocycles. The third kappa shape index (κ3) is 3.40. The zero-order valence-electron chi connectivity index (χ0n) is 13.5. The van der Waals surface area contributed by atoms with E-state index in [1.54, 1.807) is 13.4 Å². The molecular weight excluding hydrogens is 314 g/mol. The van der Waals surface area contributed by atoms with Crippen LogP contribution >= 0.6 is 11.3 Å². The minimum absolute atomic E-state index is 0.0338. The van der Waals surface area contributed by atoms with Crippen molar-refractivity contribution in [3.8, 4) is 5.75 Å². The van der Waals surface area contributed by atoms with Crippen molar-refractivity contribution >= 4 is 17.2 Å². The van der Waals surface area contributed by atoms with Gasteiger partial charge in [0, 0.05) is 24.6 Å². The Bertz CT molecular complexity index is 695. The summed E-state index contributed by atoms with van der Waals surface area (Å²) in [5, 5.41) is 3.12. The Labute approximate surface area is 139 Å². The lowest BCUT2D eigenvalue weighted by atomic mass is 10.0. The van der Waals surface area contributed by atoms with E-state index in [0.29, 0.717) is 17.2 Å². The third-order valence-electron chi connectivity index (χ3n) is 4.05. The Morgan fingerprint density at radius 3 is 3.09 bits per heavy atom. The van der Waals surface area contributed by atoms with Gasteiger partial charge in [0.05, 0.1) is 25.3 Å². The largest absolute Gasteiger partial charge is 0.495 e. The second kappa shape index (κ2) is 6.72. The van der Waals surface area contributed by atoms with Gasteiger partial charge in [0.2, 0.25) is 0 Å². The monoisotopic (exact) mass is 335 g/mol. The van der Waals surface area contributed by atoms with Crippen LogP contribution in [-0.4, -0.2) is 35.2 Å². The Morgan fingerprint density at radius 1 is 1.57 bits per heavy atom. The molecule has 1 fully saturated rings. The molecular formula is C16H21N3O3S. The van der Waals surface area contributed by atoms with Gasteiger partial charge in [0.15, 0.2) is 0 Å². The summed E-state index contributed by atoms with van der Waals surface area (Å²) in [5.74, 6) is 0.566. The Balaban J connectivity index is 1.68. The predicted octanol–water partition coefficient (Wildman–Crippen LogP) is 2.45. The molecule has 124 valence electrons. The van der Waals surface area contributed by atoms with Crippen molar-refractivity contribution < 1.29 is 14.3 Å². The highest BCUT2D eigenvalue weighted by Gasteiger charge is 2.28. The first-order valence-electron chi connectivity index (χ1n) is 7.61. The highest BCUT2D eigenvalue weighted by Crippen LogP contribution is 2.30. The van der Waals surface area contributed by atoms with Crippen LogP contribution in [-0.2, 0) is 11.8 Å². The van der Waals surface area contributed by atoms with E-state index in [0.717, 1.165) is 23.4 Å². The number of aryl methyl sites for hydroxylation is 2. The highest BCUT2D eigenvalue weighted by atomic mass is 32.1. The van der Waals surface area contributed by atoms with Crippen molar-refractivity contribution in [1.82, 2.24) is 14.9 Å². The van der Waals surface area contributed by atoms with E-state index >= 15 is 0 Å². The van der Waals surface area contributed by atoms with Gasteiger partial charge < -0.3 is 19.4 Å². The van der Waals surface area contributed by atoms with Crippen LogP contribution in [0.4, 0.5) is 0 Å². The summed E-state index contributed by atoms with van der Waals surface area (Å²) in [5.41, 5.74) is 1.04. The number of carbonyl (C=O) groups excluding carboxylic acids is 1. The minimum Gasteiger partial charge on any atom is -0.495 e. The van der Waals surface area contributed by atoms with E-state index in [-0.39, 0.29) is 18.1 Å². The van der Waals surface area contributed by atoms with E-state index in [2.05, 4.69) is 10.3 Å². The molecule has 2 atom stereocenters. The van der Waals surface area contributed by atoms with Crippen molar-refractivity contribution in [3.63, 3.8) is 0 Å². The normalized spacial score (nSPS) is 21.2. The Kier molecular flexibility index (Phi) is 4.68. The number of rotatable bonds is 4. The Hall–Kier alpha value is -1.86. The molecule has 0 unspecified atom stereocenters. The number of imidazole rings is 1. The molecule has 0 aliphatic carbocycles. The van der Waals surface area contributed by atoms with Crippen molar-refractivity contribution in [2.45, 2.75) is 31.9 Å². The minimum atomic E-state index is -0.0735. The van der Waals surface area contributed by atoms with Crippen LogP contribution in [0.5, 0.6) is 5.75 Å². The molecule has 0 bridgehead atoms. The fourth-order valence-electron chi connectivity index (χ4n) is 2.86. The highest BCUT2D eigenvalue weighted by molar-refractivity contribution is 7.14. The zero-order valence-corrected chi connectivity index (χ0v) is 14.4. The average molecular weight is 335 g/mol. The van der Waals surface area contributed by atoms with Gasteiger partial charge >= 0.3 is 0 Å². The molecule has 7 heteroatoms. The average Bonchev–Trinajstić information content (AvgIpc) is 3.13. The summed E-state index contributed by atoms with van der Waals surface area (Å²) in [6, 6.07) is 1.98. The van der Waals surface area contributed by atoms with Crippen LogP contribution in [0.1, 0.15) is 39.2 Å². The fraction of sp³-hybridized carbons (Fsp3) is 0.500. The summed E-state index contributed by atoms with van der Waals surface area (Å²) < 4.78 is 13.1. The van der Waals surface area contributed by atoms with Crippen molar-refractivity contribution in [3.05, 3.63) is 34.0 Å².